The summed E-state index contributed by atoms with van der Waals surface area (Å²) in [5.74, 6) is -5.23. The lowest BCUT2D eigenvalue weighted by atomic mass is 9.52. The van der Waals surface area contributed by atoms with Gasteiger partial charge in [-0.05, 0) is 38.8 Å². The molecule has 0 unspecified atom stereocenters. The summed E-state index contributed by atoms with van der Waals surface area (Å²) in [6.45, 7) is 7.78. The molecule has 3 fully saturated rings. The van der Waals surface area contributed by atoms with E-state index in [4.69, 9.17) is 28.4 Å². The molecule has 0 aromatic heterocycles. The number of fused-ring (bicyclic) bond motifs is 2. The Morgan fingerprint density at radius 2 is 1.03 bits per heavy atom. The van der Waals surface area contributed by atoms with Crippen LogP contribution in [0.3, 0.4) is 0 Å². The molecule has 2 saturated heterocycles. The molecule has 2 aliphatic heterocycles. The smallest absolute Gasteiger partial charge is 0.310 e. The van der Waals surface area contributed by atoms with Crippen molar-refractivity contribution in [3.63, 3.8) is 0 Å². The summed E-state index contributed by atoms with van der Waals surface area (Å²) in [4.78, 5) is 27.2. The maximum Gasteiger partial charge on any atom is 0.310 e. The molecule has 0 spiro atoms. The Morgan fingerprint density at radius 3 is 1.37 bits per heavy atom. The van der Waals surface area contributed by atoms with Gasteiger partial charge in [-0.2, -0.15) is 0 Å². The molecule has 2 heterocycles. The molecule has 2 aromatic carbocycles. The Labute approximate surface area is 223 Å². The summed E-state index contributed by atoms with van der Waals surface area (Å²) in [7, 11) is 0. The molecular weight excluding hydrogens is 488 g/mol. The Bertz CT molecular complexity index is 1030. The number of ether oxygens (including phenoxy) is 6. The first-order valence-electron chi connectivity index (χ1n) is 13.4. The number of benzene rings is 2. The van der Waals surface area contributed by atoms with Crippen LogP contribution in [0.25, 0.3) is 0 Å². The lowest BCUT2D eigenvalue weighted by Gasteiger charge is -2.53. The Morgan fingerprint density at radius 1 is 0.658 bits per heavy atom. The van der Waals surface area contributed by atoms with Crippen LogP contribution >= 0.6 is 0 Å². The first kappa shape index (κ1) is 26.8. The van der Waals surface area contributed by atoms with E-state index in [0.717, 1.165) is 11.1 Å². The van der Waals surface area contributed by atoms with Gasteiger partial charge in [-0.25, -0.2) is 0 Å². The molecule has 0 N–H and O–H groups in total. The average molecular weight is 525 g/mol. The van der Waals surface area contributed by atoms with Crippen LogP contribution in [0.2, 0.25) is 0 Å². The summed E-state index contributed by atoms with van der Waals surface area (Å²) < 4.78 is 36.3. The van der Waals surface area contributed by atoms with Gasteiger partial charge in [0, 0.05) is 25.0 Å². The number of carbonyl (C=O) groups is 2. The van der Waals surface area contributed by atoms with Crippen molar-refractivity contribution >= 4 is 11.9 Å². The zero-order chi connectivity index (χ0) is 26.9. The van der Waals surface area contributed by atoms with Gasteiger partial charge >= 0.3 is 11.9 Å². The van der Waals surface area contributed by atoms with Crippen molar-refractivity contribution in [3.05, 3.63) is 71.8 Å². The number of esters is 2. The third kappa shape index (κ3) is 4.64. The first-order valence-corrected chi connectivity index (χ1v) is 13.4. The molecular formula is C30H36O8. The van der Waals surface area contributed by atoms with Gasteiger partial charge in [0.05, 0.1) is 11.8 Å². The van der Waals surface area contributed by atoms with Crippen LogP contribution in [0.4, 0.5) is 0 Å². The standard InChI is InChI=1S/C30H36O8/c1-5-35-29(3)30(4,36-6-2)38-22-18-34-28(32)26-24(20-15-11-8-12-16-20)23(19-13-9-7-10-14-19)25(26)27(31)33-17-21(22)37-29/h7-16,21-26H,5-6,17-18H2,1-4H3/t21-,22-,23-,24-,25+,26+,29-,30-/m0/s1. The summed E-state index contributed by atoms with van der Waals surface area (Å²) in [5.41, 5.74) is 1.96. The SMILES string of the molecule is CCO[C@@]1(C)O[C@H]2COC(=O)[C@H]3[C@H](C(=O)OC[C@@H]2O[C@]1(C)OCC)[C@@H](c1ccccc1)[C@@H]3c1ccccc1. The molecule has 1 aliphatic carbocycles. The fraction of sp³-hybridized carbons (Fsp3) is 0.533. The number of rotatable bonds is 6. The van der Waals surface area contributed by atoms with Gasteiger partial charge in [0.15, 0.2) is 0 Å². The van der Waals surface area contributed by atoms with Crippen LogP contribution in [0.1, 0.15) is 50.7 Å². The van der Waals surface area contributed by atoms with E-state index in [1.54, 1.807) is 13.8 Å². The van der Waals surface area contributed by atoms with Crippen molar-refractivity contribution in [1.29, 1.82) is 0 Å². The molecule has 3 aliphatic rings. The fourth-order valence-electron chi connectivity index (χ4n) is 6.14. The summed E-state index contributed by atoms with van der Waals surface area (Å²) in [5, 5.41) is 0. The van der Waals surface area contributed by atoms with Gasteiger partial charge in [-0.1, -0.05) is 60.7 Å². The largest absolute Gasteiger partial charge is 0.463 e. The highest BCUT2D eigenvalue weighted by Gasteiger charge is 2.62. The van der Waals surface area contributed by atoms with Crippen LogP contribution in [-0.2, 0) is 38.0 Å². The zero-order valence-electron chi connectivity index (χ0n) is 22.3. The van der Waals surface area contributed by atoms with Crippen molar-refractivity contribution in [1.82, 2.24) is 0 Å². The van der Waals surface area contributed by atoms with E-state index < -0.39 is 47.6 Å². The Balaban J connectivity index is 1.46. The number of hydrogen-bond acceptors (Lipinski definition) is 8. The third-order valence-electron chi connectivity index (χ3n) is 8.07. The van der Waals surface area contributed by atoms with Crippen molar-refractivity contribution in [2.24, 2.45) is 11.8 Å². The highest BCUT2D eigenvalue weighted by molar-refractivity contribution is 5.87. The molecule has 0 radical (unpaired) electrons. The number of hydrogen-bond donors (Lipinski definition) is 0. The topological polar surface area (TPSA) is 89.5 Å². The minimum atomic E-state index is -1.26. The Hall–Kier alpha value is -2.78. The quantitative estimate of drug-likeness (QED) is 0.520. The second kappa shape index (κ2) is 10.8. The molecule has 204 valence electrons. The normalized spacial score (nSPS) is 37.2. The van der Waals surface area contributed by atoms with Crippen molar-refractivity contribution in [2.45, 2.75) is 63.3 Å². The second-order valence-corrected chi connectivity index (χ2v) is 10.3. The van der Waals surface area contributed by atoms with E-state index in [1.165, 1.54) is 0 Å². The predicted octanol–water partition coefficient (Wildman–Crippen LogP) is 4.19. The van der Waals surface area contributed by atoms with E-state index in [-0.39, 0.29) is 25.0 Å². The van der Waals surface area contributed by atoms with E-state index >= 15 is 0 Å². The van der Waals surface area contributed by atoms with Crippen molar-refractivity contribution < 1.29 is 38.0 Å². The molecule has 38 heavy (non-hydrogen) atoms. The summed E-state index contributed by atoms with van der Waals surface area (Å²) in [6.07, 6.45) is -1.43. The fourth-order valence-corrected chi connectivity index (χ4v) is 6.14. The van der Waals surface area contributed by atoms with E-state index in [9.17, 15) is 9.59 Å². The third-order valence-corrected chi connectivity index (χ3v) is 8.07. The van der Waals surface area contributed by atoms with Crippen LogP contribution in [-0.4, -0.2) is 62.1 Å². The predicted molar refractivity (Wildman–Crippen MR) is 137 cm³/mol. The maximum atomic E-state index is 13.6. The van der Waals surface area contributed by atoms with Gasteiger partial charge in [0.2, 0.25) is 11.6 Å². The maximum absolute atomic E-state index is 13.6. The minimum absolute atomic E-state index is 0.0628. The van der Waals surface area contributed by atoms with Crippen LogP contribution < -0.4 is 0 Å². The highest BCUT2D eigenvalue weighted by atomic mass is 16.8. The van der Waals surface area contributed by atoms with Crippen LogP contribution in [0.15, 0.2) is 60.7 Å². The minimum Gasteiger partial charge on any atom is -0.463 e. The van der Waals surface area contributed by atoms with Gasteiger partial charge in [0.25, 0.3) is 0 Å². The van der Waals surface area contributed by atoms with Crippen molar-refractivity contribution in [3.8, 4) is 0 Å². The van der Waals surface area contributed by atoms with Crippen LogP contribution in [0, 0.1) is 11.8 Å². The zero-order valence-corrected chi connectivity index (χ0v) is 22.3. The molecule has 8 heteroatoms. The monoisotopic (exact) mass is 524 g/mol. The average Bonchev–Trinajstić information content (AvgIpc) is 2.89. The summed E-state index contributed by atoms with van der Waals surface area (Å²) >= 11 is 0. The molecule has 0 amide bonds. The van der Waals surface area contributed by atoms with Crippen molar-refractivity contribution in [2.75, 3.05) is 26.4 Å². The van der Waals surface area contributed by atoms with E-state index in [0.29, 0.717) is 13.2 Å². The summed E-state index contributed by atoms with van der Waals surface area (Å²) in [6, 6.07) is 19.6. The number of carbonyl (C=O) groups excluding carboxylic acids is 2. The van der Waals surface area contributed by atoms with Gasteiger partial charge in [0.1, 0.15) is 25.4 Å². The lowest BCUT2D eigenvalue weighted by molar-refractivity contribution is -0.458. The van der Waals surface area contributed by atoms with E-state index in [2.05, 4.69) is 0 Å². The molecule has 8 atom stereocenters. The lowest BCUT2D eigenvalue weighted by Crippen LogP contribution is -2.67. The van der Waals surface area contributed by atoms with E-state index in [1.807, 2.05) is 74.5 Å². The first-order chi connectivity index (χ1) is 18.3. The molecule has 8 nitrogen and oxygen atoms in total. The molecule has 5 rings (SSSR count). The molecule has 2 aromatic rings. The Kier molecular flexibility index (Phi) is 7.60. The molecule has 1 saturated carbocycles. The number of cyclic esters (lactones) is 2. The highest BCUT2D eigenvalue weighted by Crippen LogP contribution is 2.59. The van der Waals surface area contributed by atoms with Gasteiger partial charge in [-0.3, -0.25) is 9.59 Å². The second-order valence-electron chi connectivity index (χ2n) is 10.3. The molecule has 0 bridgehead atoms. The van der Waals surface area contributed by atoms with Gasteiger partial charge < -0.3 is 28.4 Å². The van der Waals surface area contributed by atoms with Crippen LogP contribution in [0.5, 0.6) is 0 Å². The van der Waals surface area contributed by atoms with Gasteiger partial charge in [-0.15, -0.1) is 0 Å².